The number of hydrogen-bond donors (Lipinski definition) is 1. The van der Waals surface area contributed by atoms with Gasteiger partial charge in [0.05, 0.1) is 6.54 Å². The summed E-state index contributed by atoms with van der Waals surface area (Å²) in [5.41, 5.74) is 0. The average molecular weight is 256 g/mol. The van der Waals surface area contributed by atoms with E-state index in [4.69, 9.17) is 0 Å². The molecule has 0 fully saturated rings. The minimum absolute atomic E-state index is 0.0739. The number of nitrogens with one attached hydrogen (secondary N) is 1. The lowest BCUT2D eigenvalue weighted by molar-refractivity contribution is -0.133. The van der Waals surface area contributed by atoms with Crippen LogP contribution in [0.5, 0.6) is 0 Å². The van der Waals surface area contributed by atoms with Crippen molar-refractivity contribution in [2.75, 3.05) is 13.6 Å². The highest BCUT2D eigenvalue weighted by molar-refractivity contribution is 5.83. The van der Waals surface area contributed by atoms with E-state index in [0.717, 1.165) is 19.3 Å². The normalized spacial score (nSPS) is 11.8. The number of hydrogen-bond acceptors (Lipinski definition) is 3. The summed E-state index contributed by atoms with van der Waals surface area (Å²) in [5.74, 6) is -0.0687. The Bertz CT molecular complexity index is 303. The monoisotopic (exact) mass is 256 g/mol. The minimum atomic E-state index is -0.147. The molecule has 0 saturated carbocycles. The Balaban J connectivity index is 3.73. The predicted molar refractivity (Wildman–Crippen MR) is 70.1 cm³/mol. The topological polar surface area (TPSA) is 66.5 Å². The molecule has 0 aliphatic heterocycles. The maximum Gasteiger partial charge on any atom is 0.239 e. The molecule has 0 aromatic heterocycles. The van der Waals surface area contributed by atoms with Crippen LogP contribution in [0.3, 0.4) is 0 Å². The molecule has 0 saturated heterocycles. The van der Waals surface area contributed by atoms with Gasteiger partial charge < -0.3 is 15.0 Å². The van der Waals surface area contributed by atoms with Crippen LogP contribution in [0.25, 0.3) is 0 Å². The number of carbonyl (C=O) groups is 3. The van der Waals surface area contributed by atoms with E-state index >= 15 is 0 Å². The Kier molecular flexibility index (Phi) is 8.00. The zero-order chi connectivity index (χ0) is 14.1. The summed E-state index contributed by atoms with van der Waals surface area (Å²) >= 11 is 0. The first-order valence-electron chi connectivity index (χ1n) is 6.33. The maximum absolute atomic E-state index is 11.6. The van der Waals surface area contributed by atoms with E-state index in [1.165, 1.54) is 11.8 Å². The van der Waals surface area contributed by atoms with Gasteiger partial charge in [-0.2, -0.15) is 0 Å². The van der Waals surface area contributed by atoms with Gasteiger partial charge in [0.25, 0.3) is 0 Å². The fourth-order valence-electron chi connectivity index (χ4n) is 1.54. The van der Waals surface area contributed by atoms with Gasteiger partial charge in [0.2, 0.25) is 11.8 Å². The van der Waals surface area contributed by atoms with Crippen molar-refractivity contribution in [1.82, 2.24) is 10.2 Å². The van der Waals surface area contributed by atoms with Crippen LogP contribution in [0.2, 0.25) is 0 Å². The first-order valence-corrected chi connectivity index (χ1v) is 6.33. The molecule has 5 nitrogen and oxygen atoms in total. The van der Waals surface area contributed by atoms with Crippen LogP contribution in [0.1, 0.15) is 46.5 Å². The molecule has 0 heterocycles. The van der Waals surface area contributed by atoms with Crippen molar-refractivity contribution in [1.29, 1.82) is 0 Å². The second kappa shape index (κ2) is 8.66. The standard InChI is InChI=1S/C13H24N2O3/c1-10(7-5-6-8-11(2)16)14-13(18)9-15(4)12(3)17/h10H,5-9H2,1-4H3,(H,14,18). The van der Waals surface area contributed by atoms with Crippen molar-refractivity contribution in [3.05, 3.63) is 0 Å². The second-order valence-electron chi connectivity index (χ2n) is 4.79. The number of Topliss-reactive ketones (excluding diaryl/α,β-unsaturated/α-hetero) is 1. The molecule has 0 spiro atoms. The van der Waals surface area contributed by atoms with Gasteiger partial charge in [-0.1, -0.05) is 6.42 Å². The summed E-state index contributed by atoms with van der Waals surface area (Å²) in [5, 5.41) is 2.84. The van der Waals surface area contributed by atoms with E-state index in [2.05, 4.69) is 5.32 Å². The lowest BCUT2D eigenvalue weighted by Gasteiger charge is -2.17. The molecule has 2 amide bonds. The van der Waals surface area contributed by atoms with E-state index in [0.29, 0.717) is 6.42 Å². The third-order valence-electron chi connectivity index (χ3n) is 2.74. The van der Waals surface area contributed by atoms with Crippen LogP contribution >= 0.6 is 0 Å². The highest BCUT2D eigenvalue weighted by Crippen LogP contribution is 2.03. The molecule has 0 aliphatic carbocycles. The van der Waals surface area contributed by atoms with Crippen LogP contribution in [0.15, 0.2) is 0 Å². The van der Waals surface area contributed by atoms with Crippen LogP contribution in [-0.4, -0.2) is 42.1 Å². The lowest BCUT2D eigenvalue weighted by atomic mass is 10.1. The second-order valence-corrected chi connectivity index (χ2v) is 4.79. The molecule has 0 aromatic carbocycles. The maximum atomic E-state index is 11.6. The van der Waals surface area contributed by atoms with E-state index in [1.807, 2.05) is 6.92 Å². The van der Waals surface area contributed by atoms with Crippen molar-refractivity contribution in [2.45, 2.75) is 52.5 Å². The van der Waals surface area contributed by atoms with Gasteiger partial charge in [-0.3, -0.25) is 9.59 Å². The minimum Gasteiger partial charge on any atom is -0.352 e. The number of unbranched alkanes of at least 4 members (excludes halogenated alkanes) is 1. The van der Waals surface area contributed by atoms with Crippen LogP contribution in [0, 0.1) is 0 Å². The highest BCUT2D eigenvalue weighted by atomic mass is 16.2. The van der Waals surface area contributed by atoms with Crippen molar-refractivity contribution >= 4 is 17.6 Å². The van der Waals surface area contributed by atoms with E-state index in [9.17, 15) is 14.4 Å². The largest absolute Gasteiger partial charge is 0.352 e. The molecule has 0 aliphatic rings. The summed E-state index contributed by atoms with van der Waals surface area (Å²) in [6.07, 6.45) is 3.24. The van der Waals surface area contributed by atoms with Crippen LogP contribution in [-0.2, 0) is 14.4 Å². The van der Waals surface area contributed by atoms with Crippen LogP contribution in [0.4, 0.5) is 0 Å². The third-order valence-corrected chi connectivity index (χ3v) is 2.74. The number of nitrogens with zero attached hydrogens (tertiary/aromatic N) is 1. The van der Waals surface area contributed by atoms with Gasteiger partial charge in [0.1, 0.15) is 5.78 Å². The first-order chi connectivity index (χ1) is 8.32. The van der Waals surface area contributed by atoms with Crippen molar-refractivity contribution < 1.29 is 14.4 Å². The number of likely N-dealkylation sites (N-methyl/N-ethyl adjacent to an activating group) is 1. The zero-order valence-electron chi connectivity index (χ0n) is 11.8. The molecule has 104 valence electrons. The van der Waals surface area contributed by atoms with Gasteiger partial charge in [0, 0.05) is 26.4 Å². The molecule has 18 heavy (non-hydrogen) atoms. The molecular formula is C13H24N2O3. The summed E-state index contributed by atoms with van der Waals surface area (Å²) < 4.78 is 0. The Labute approximate surface area is 109 Å². The van der Waals surface area contributed by atoms with Gasteiger partial charge in [0.15, 0.2) is 0 Å². The molecule has 1 atom stereocenters. The zero-order valence-corrected chi connectivity index (χ0v) is 11.8. The molecule has 0 aromatic rings. The predicted octanol–water partition coefficient (Wildman–Crippen LogP) is 1.12. The SMILES string of the molecule is CC(=O)CCCCC(C)NC(=O)CN(C)C(C)=O. The van der Waals surface area contributed by atoms with Gasteiger partial charge in [-0.15, -0.1) is 0 Å². The van der Waals surface area contributed by atoms with E-state index in [-0.39, 0.29) is 30.2 Å². The van der Waals surface area contributed by atoms with Crippen molar-refractivity contribution in [2.24, 2.45) is 0 Å². The fourth-order valence-corrected chi connectivity index (χ4v) is 1.54. The summed E-state index contributed by atoms with van der Waals surface area (Å²) in [6, 6.07) is 0.0739. The lowest BCUT2D eigenvalue weighted by Crippen LogP contribution is -2.41. The van der Waals surface area contributed by atoms with Gasteiger partial charge in [-0.05, 0) is 26.7 Å². The molecule has 0 radical (unpaired) electrons. The van der Waals surface area contributed by atoms with Gasteiger partial charge in [-0.25, -0.2) is 0 Å². The Morgan fingerprint density at radius 1 is 1.17 bits per heavy atom. The molecule has 1 unspecified atom stereocenters. The number of ketones is 1. The molecule has 0 bridgehead atoms. The van der Waals surface area contributed by atoms with Crippen LogP contribution < -0.4 is 5.32 Å². The quantitative estimate of drug-likeness (QED) is 0.662. The van der Waals surface area contributed by atoms with Gasteiger partial charge >= 0.3 is 0 Å². The van der Waals surface area contributed by atoms with Crippen molar-refractivity contribution in [3.8, 4) is 0 Å². The number of carbonyl (C=O) groups excluding carboxylic acids is 3. The molecule has 1 N–H and O–H groups in total. The Morgan fingerprint density at radius 3 is 2.28 bits per heavy atom. The Morgan fingerprint density at radius 2 is 1.78 bits per heavy atom. The Hall–Kier alpha value is -1.39. The fraction of sp³-hybridized carbons (Fsp3) is 0.769. The summed E-state index contributed by atoms with van der Waals surface area (Å²) in [7, 11) is 1.60. The highest BCUT2D eigenvalue weighted by Gasteiger charge is 2.11. The van der Waals surface area contributed by atoms with E-state index in [1.54, 1.807) is 14.0 Å². The molecule has 5 heteroatoms. The number of amides is 2. The third kappa shape index (κ3) is 8.73. The first kappa shape index (κ1) is 16.6. The molecule has 0 rings (SSSR count). The summed E-state index contributed by atoms with van der Waals surface area (Å²) in [4.78, 5) is 34.6. The van der Waals surface area contributed by atoms with E-state index < -0.39 is 0 Å². The smallest absolute Gasteiger partial charge is 0.239 e. The average Bonchev–Trinajstić information content (AvgIpc) is 2.23. The summed E-state index contributed by atoms with van der Waals surface area (Å²) in [6.45, 7) is 5.04. The molecular weight excluding hydrogens is 232 g/mol. The number of rotatable bonds is 8. The van der Waals surface area contributed by atoms with Crippen molar-refractivity contribution in [3.63, 3.8) is 0 Å².